The molecule has 4 heterocycles. The molecule has 0 aliphatic carbocycles. The Kier molecular flexibility index (Phi) is 4.13. The Bertz CT molecular complexity index is 990. The Balaban J connectivity index is 1.64. The third-order valence-corrected chi connectivity index (χ3v) is 5.84. The summed E-state index contributed by atoms with van der Waals surface area (Å²) in [5.74, 6) is -0.220. The molecule has 5 rings (SSSR count). The first-order valence-corrected chi connectivity index (χ1v) is 9.61. The number of benzene rings is 1. The van der Waals surface area contributed by atoms with Gasteiger partial charge in [-0.1, -0.05) is 18.2 Å². The quantitative estimate of drug-likeness (QED) is 0.703. The van der Waals surface area contributed by atoms with E-state index in [0.717, 1.165) is 35.3 Å². The second-order valence-electron chi connectivity index (χ2n) is 7.42. The molecular weight excluding hydrogens is 337 g/mol. The summed E-state index contributed by atoms with van der Waals surface area (Å²) in [6.45, 7) is 2.24. The highest BCUT2D eigenvalue weighted by Gasteiger charge is 2.29. The molecule has 2 aromatic heterocycles. The summed E-state index contributed by atoms with van der Waals surface area (Å²) >= 11 is 0. The Morgan fingerprint density at radius 3 is 2.85 bits per heavy atom. The van der Waals surface area contributed by atoms with Gasteiger partial charge in [-0.3, -0.25) is 9.88 Å². The van der Waals surface area contributed by atoms with Crippen LogP contribution in [0.3, 0.4) is 0 Å². The maximum Gasteiger partial charge on any atom is 0.123 e. The van der Waals surface area contributed by atoms with Gasteiger partial charge in [-0.05, 0) is 61.2 Å². The molecule has 3 nitrogen and oxygen atoms in total. The molecule has 1 atom stereocenters. The second-order valence-corrected chi connectivity index (χ2v) is 7.42. The molecule has 0 bridgehead atoms. The van der Waals surface area contributed by atoms with Gasteiger partial charge in [0.2, 0.25) is 0 Å². The fourth-order valence-electron chi connectivity index (χ4n) is 4.52. The maximum absolute atomic E-state index is 13.9. The summed E-state index contributed by atoms with van der Waals surface area (Å²) in [7, 11) is 0. The maximum atomic E-state index is 13.9. The molecule has 1 N–H and O–H groups in total. The number of pyridine rings is 1. The van der Waals surface area contributed by atoms with Gasteiger partial charge < -0.3 is 4.98 Å². The van der Waals surface area contributed by atoms with Crippen molar-refractivity contribution in [2.75, 3.05) is 13.1 Å². The summed E-state index contributed by atoms with van der Waals surface area (Å²) in [6.07, 6.45) is 11.7. The highest BCUT2D eigenvalue weighted by Crippen LogP contribution is 2.41. The van der Waals surface area contributed by atoms with Crippen molar-refractivity contribution in [2.24, 2.45) is 0 Å². The minimum absolute atomic E-state index is 0.220. The lowest BCUT2D eigenvalue weighted by Gasteiger charge is -2.29. The van der Waals surface area contributed by atoms with Gasteiger partial charge in [-0.15, -0.1) is 0 Å². The van der Waals surface area contributed by atoms with E-state index in [2.05, 4.69) is 27.1 Å². The normalized spacial score (nSPS) is 19.7. The number of aromatic amines is 1. The lowest BCUT2D eigenvalue weighted by atomic mass is 9.89. The van der Waals surface area contributed by atoms with Crippen LogP contribution >= 0.6 is 0 Å². The predicted molar refractivity (Wildman–Crippen MR) is 107 cm³/mol. The summed E-state index contributed by atoms with van der Waals surface area (Å²) in [4.78, 5) is 10.2. The van der Waals surface area contributed by atoms with Gasteiger partial charge in [-0.25, -0.2) is 4.39 Å². The number of H-pyrrole nitrogens is 1. The zero-order chi connectivity index (χ0) is 18.2. The summed E-state index contributed by atoms with van der Waals surface area (Å²) < 4.78 is 13.9. The first-order chi connectivity index (χ1) is 13.3. The fourth-order valence-corrected chi connectivity index (χ4v) is 4.52. The van der Waals surface area contributed by atoms with Crippen molar-refractivity contribution in [3.8, 4) is 22.4 Å². The zero-order valence-corrected chi connectivity index (χ0v) is 15.2. The third-order valence-electron chi connectivity index (χ3n) is 5.84. The molecule has 1 saturated heterocycles. The van der Waals surface area contributed by atoms with Gasteiger partial charge in [0.1, 0.15) is 5.82 Å². The number of halogens is 1. The highest BCUT2D eigenvalue weighted by atomic mass is 19.1. The largest absolute Gasteiger partial charge is 0.360 e. The standard InChI is InChI=1S/C23H22FN3/c24-19-4-1-3-18(13-19)23-22(16-6-9-25-10-7-16)21(15-26-23)17-8-12-27-11-2-5-20(27)14-17/h1,3-4,6-10,13,15,20,26H,2,5,11-12,14H2. The Hall–Kier alpha value is -2.72. The molecule has 0 amide bonds. The average Bonchev–Trinajstić information content (AvgIpc) is 3.35. The summed E-state index contributed by atoms with van der Waals surface area (Å²) in [5.41, 5.74) is 6.70. The molecule has 3 aromatic rings. The van der Waals surface area contributed by atoms with E-state index in [1.807, 2.05) is 30.6 Å². The van der Waals surface area contributed by atoms with Crippen molar-refractivity contribution < 1.29 is 4.39 Å². The molecule has 2 aliphatic heterocycles. The Morgan fingerprint density at radius 2 is 2.00 bits per heavy atom. The van der Waals surface area contributed by atoms with Crippen molar-refractivity contribution in [3.63, 3.8) is 0 Å². The van der Waals surface area contributed by atoms with E-state index in [0.29, 0.717) is 6.04 Å². The van der Waals surface area contributed by atoms with Gasteiger partial charge in [-0.2, -0.15) is 0 Å². The topological polar surface area (TPSA) is 31.9 Å². The van der Waals surface area contributed by atoms with E-state index < -0.39 is 0 Å². The minimum atomic E-state index is -0.220. The monoisotopic (exact) mass is 359 g/mol. The lowest BCUT2D eigenvalue weighted by molar-refractivity contribution is 0.275. The van der Waals surface area contributed by atoms with Crippen LogP contribution in [0.1, 0.15) is 24.8 Å². The summed E-state index contributed by atoms with van der Waals surface area (Å²) in [5, 5.41) is 0. The highest BCUT2D eigenvalue weighted by molar-refractivity contribution is 5.91. The van der Waals surface area contributed by atoms with Crippen LogP contribution in [0.2, 0.25) is 0 Å². The van der Waals surface area contributed by atoms with Crippen molar-refractivity contribution in [2.45, 2.75) is 25.3 Å². The number of nitrogens with one attached hydrogen (secondary N) is 1. The number of hydrogen-bond donors (Lipinski definition) is 1. The third kappa shape index (κ3) is 3.00. The molecule has 0 saturated carbocycles. The van der Waals surface area contributed by atoms with Gasteiger partial charge in [0.25, 0.3) is 0 Å². The summed E-state index contributed by atoms with van der Waals surface area (Å²) in [6, 6.07) is 11.5. The van der Waals surface area contributed by atoms with Crippen LogP contribution < -0.4 is 0 Å². The molecule has 1 fully saturated rings. The molecule has 136 valence electrons. The molecular formula is C23H22FN3. The van der Waals surface area contributed by atoms with E-state index in [9.17, 15) is 4.39 Å². The van der Waals surface area contributed by atoms with E-state index in [4.69, 9.17) is 0 Å². The molecule has 1 unspecified atom stereocenters. The average molecular weight is 359 g/mol. The Morgan fingerprint density at radius 1 is 1.11 bits per heavy atom. The van der Waals surface area contributed by atoms with E-state index >= 15 is 0 Å². The lowest BCUT2D eigenvalue weighted by Crippen LogP contribution is -2.32. The van der Waals surface area contributed by atoms with Crippen LogP contribution in [-0.2, 0) is 0 Å². The fraction of sp³-hybridized carbons (Fsp3) is 0.261. The van der Waals surface area contributed by atoms with Crippen LogP contribution in [0.4, 0.5) is 4.39 Å². The zero-order valence-electron chi connectivity index (χ0n) is 15.2. The molecule has 2 aliphatic rings. The van der Waals surface area contributed by atoms with E-state index in [1.54, 1.807) is 12.1 Å². The molecule has 0 radical (unpaired) electrons. The minimum Gasteiger partial charge on any atom is -0.360 e. The Labute approximate surface area is 158 Å². The molecule has 0 spiro atoms. The van der Waals surface area contributed by atoms with Gasteiger partial charge in [0, 0.05) is 47.9 Å². The van der Waals surface area contributed by atoms with Crippen molar-refractivity contribution in [3.05, 3.63) is 72.4 Å². The number of aromatic nitrogens is 2. The van der Waals surface area contributed by atoms with Crippen LogP contribution in [0.25, 0.3) is 28.0 Å². The van der Waals surface area contributed by atoms with Crippen molar-refractivity contribution in [1.29, 1.82) is 0 Å². The van der Waals surface area contributed by atoms with Crippen LogP contribution in [0.15, 0.2) is 61.1 Å². The molecule has 27 heavy (non-hydrogen) atoms. The first kappa shape index (κ1) is 16.5. The SMILES string of the molecule is Fc1cccc(-c2[nH]cc(C3=CCN4CCCC4C3)c2-c2ccncc2)c1. The van der Waals surface area contributed by atoms with Gasteiger partial charge in [0.15, 0.2) is 0 Å². The first-order valence-electron chi connectivity index (χ1n) is 9.61. The van der Waals surface area contributed by atoms with E-state index in [-0.39, 0.29) is 5.82 Å². The van der Waals surface area contributed by atoms with Gasteiger partial charge >= 0.3 is 0 Å². The van der Waals surface area contributed by atoms with Crippen LogP contribution in [-0.4, -0.2) is 34.0 Å². The smallest absolute Gasteiger partial charge is 0.123 e. The number of hydrogen-bond acceptors (Lipinski definition) is 2. The molecule has 1 aromatic carbocycles. The van der Waals surface area contributed by atoms with Crippen molar-refractivity contribution in [1.82, 2.24) is 14.9 Å². The molecule has 4 heteroatoms. The van der Waals surface area contributed by atoms with Crippen LogP contribution in [0.5, 0.6) is 0 Å². The predicted octanol–water partition coefficient (Wildman–Crippen LogP) is 5.13. The second kappa shape index (κ2) is 6.78. The number of fused-ring (bicyclic) bond motifs is 1. The number of nitrogens with zero attached hydrogens (tertiary/aromatic N) is 2. The van der Waals surface area contributed by atoms with E-state index in [1.165, 1.54) is 36.6 Å². The number of rotatable bonds is 3. The van der Waals surface area contributed by atoms with Crippen molar-refractivity contribution >= 4 is 5.57 Å². The van der Waals surface area contributed by atoms with Crippen LogP contribution in [0, 0.1) is 5.82 Å². The van der Waals surface area contributed by atoms with Gasteiger partial charge in [0.05, 0.1) is 5.69 Å².